The van der Waals surface area contributed by atoms with E-state index in [1.54, 1.807) is 17.0 Å². The van der Waals surface area contributed by atoms with Gasteiger partial charge in [0.05, 0.1) is 0 Å². The summed E-state index contributed by atoms with van der Waals surface area (Å²) in [6.07, 6.45) is 3.39. The van der Waals surface area contributed by atoms with E-state index in [-0.39, 0.29) is 18.1 Å². The molecule has 0 spiro atoms. The molecule has 1 N–H and O–H groups in total. The van der Waals surface area contributed by atoms with Crippen LogP contribution in [0, 0.1) is 11.8 Å². The van der Waals surface area contributed by atoms with E-state index in [4.69, 9.17) is 5.11 Å². The second kappa shape index (κ2) is 6.81. The summed E-state index contributed by atoms with van der Waals surface area (Å²) in [4.78, 5) is 16.1. The van der Waals surface area contributed by atoms with Crippen LogP contribution in [0.25, 0.3) is 0 Å². The summed E-state index contributed by atoms with van der Waals surface area (Å²) < 4.78 is 1.70. The lowest BCUT2D eigenvalue weighted by atomic mass is 10.2. The van der Waals surface area contributed by atoms with Crippen molar-refractivity contribution in [3.8, 4) is 0 Å². The Bertz CT molecular complexity index is 404. The highest BCUT2D eigenvalue weighted by molar-refractivity contribution is 7.99. The second-order valence-corrected chi connectivity index (χ2v) is 5.69. The second-order valence-electron chi connectivity index (χ2n) is 4.68. The number of hydrogen-bond donors (Lipinski definition) is 1. The van der Waals surface area contributed by atoms with Crippen molar-refractivity contribution >= 4 is 11.8 Å². The Kier molecular flexibility index (Phi) is 5.71. The van der Waals surface area contributed by atoms with Crippen molar-refractivity contribution in [2.75, 3.05) is 12.4 Å². The predicted octanol–water partition coefficient (Wildman–Crippen LogP) is 1.62. The van der Waals surface area contributed by atoms with Crippen molar-refractivity contribution in [1.82, 2.24) is 9.55 Å². The van der Waals surface area contributed by atoms with Gasteiger partial charge in [0.2, 0.25) is 0 Å². The van der Waals surface area contributed by atoms with Gasteiger partial charge in [0.1, 0.15) is 0 Å². The maximum Gasteiger partial charge on any atom is 0.283 e. The van der Waals surface area contributed by atoms with Crippen molar-refractivity contribution in [2.45, 2.75) is 32.3 Å². The van der Waals surface area contributed by atoms with Crippen LogP contribution in [0.2, 0.25) is 0 Å². The molecule has 1 rings (SSSR count). The quantitative estimate of drug-likeness (QED) is 0.786. The van der Waals surface area contributed by atoms with Crippen LogP contribution in [0.1, 0.15) is 20.8 Å². The van der Waals surface area contributed by atoms with E-state index in [2.05, 4.69) is 18.8 Å². The third-order valence-corrected chi connectivity index (χ3v) is 3.55. The van der Waals surface area contributed by atoms with E-state index in [0.29, 0.717) is 23.2 Å². The Morgan fingerprint density at radius 3 is 2.76 bits per heavy atom. The minimum atomic E-state index is -0.0312. The van der Waals surface area contributed by atoms with Gasteiger partial charge in [-0.25, -0.2) is 4.98 Å². The van der Waals surface area contributed by atoms with Crippen LogP contribution in [-0.4, -0.2) is 27.0 Å². The Morgan fingerprint density at radius 2 is 2.18 bits per heavy atom. The zero-order valence-electron chi connectivity index (χ0n) is 10.6. The minimum absolute atomic E-state index is 0.0312. The summed E-state index contributed by atoms with van der Waals surface area (Å²) in [7, 11) is 0. The average molecular weight is 256 g/mol. The first kappa shape index (κ1) is 14.3. The fourth-order valence-electron chi connectivity index (χ4n) is 1.34. The molecule has 0 aromatic carbocycles. The molecule has 1 heterocycles. The van der Waals surface area contributed by atoms with Gasteiger partial charge in [-0.1, -0.05) is 20.8 Å². The smallest absolute Gasteiger partial charge is 0.283 e. The highest BCUT2D eigenvalue weighted by Gasteiger charge is 2.08. The molecule has 1 aromatic heterocycles. The van der Waals surface area contributed by atoms with Gasteiger partial charge in [0.25, 0.3) is 5.56 Å². The molecule has 0 amide bonds. The molecule has 17 heavy (non-hydrogen) atoms. The van der Waals surface area contributed by atoms with Gasteiger partial charge in [0, 0.05) is 31.3 Å². The Hall–Kier alpha value is -0.810. The van der Waals surface area contributed by atoms with Crippen molar-refractivity contribution in [1.29, 1.82) is 0 Å². The molecule has 0 aliphatic rings. The number of thioether (sulfide) groups is 1. The molecule has 0 saturated heterocycles. The Labute approximate surface area is 106 Å². The first-order valence-corrected chi connectivity index (χ1v) is 6.82. The average Bonchev–Trinajstić information content (AvgIpc) is 2.29. The SMILES string of the molecule is CC(C)Cn1ccnc(SCC(C)CO)c1=O. The largest absolute Gasteiger partial charge is 0.396 e. The van der Waals surface area contributed by atoms with E-state index >= 15 is 0 Å². The fourth-order valence-corrected chi connectivity index (χ4v) is 2.26. The summed E-state index contributed by atoms with van der Waals surface area (Å²) in [5.41, 5.74) is -0.0312. The molecule has 1 atom stereocenters. The van der Waals surface area contributed by atoms with Crippen LogP contribution in [-0.2, 0) is 6.54 Å². The molecule has 0 bridgehead atoms. The summed E-state index contributed by atoms with van der Waals surface area (Å²) in [5.74, 6) is 1.33. The van der Waals surface area contributed by atoms with Crippen molar-refractivity contribution in [2.24, 2.45) is 11.8 Å². The third-order valence-electron chi connectivity index (χ3n) is 2.26. The molecule has 4 nitrogen and oxygen atoms in total. The van der Waals surface area contributed by atoms with Gasteiger partial charge in [-0.05, 0) is 11.8 Å². The molecule has 5 heteroatoms. The van der Waals surface area contributed by atoms with Gasteiger partial charge in [-0.2, -0.15) is 0 Å². The van der Waals surface area contributed by atoms with Crippen LogP contribution < -0.4 is 5.56 Å². The molecular formula is C12H20N2O2S. The predicted molar refractivity (Wildman–Crippen MR) is 70.3 cm³/mol. The van der Waals surface area contributed by atoms with Gasteiger partial charge in [-0.15, -0.1) is 11.8 Å². The summed E-state index contributed by atoms with van der Waals surface area (Å²) in [6, 6.07) is 0. The van der Waals surface area contributed by atoms with Crippen molar-refractivity contribution in [3.63, 3.8) is 0 Å². The summed E-state index contributed by atoms with van der Waals surface area (Å²) in [6.45, 7) is 6.95. The van der Waals surface area contributed by atoms with E-state index in [1.165, 1.54) is 11.8 Å². The van der Waals surface area contributed by atoms with Crippen LogP contribution in [0.3, 0.4) is 0 Å². The zero-order chi connectivity index (χ0) is 12.8. The van der Waals surface area contributed by atoms with Gasteiger partial charge < -0.3 is 9.67 Å². The first-order valence-electron chi connectivity index (χ1n) is 5.83. The molecule has 0 radical (unpaired) electrons. The topological polar surface area (TPSA) is 55.1 Å². The lowest BCUT2D eigenvalue weighted by Gasteiger charge is -2.10. The monoisotopic (exact) mass is 256 g/mol. The lowest BCUT2D eigenvalue weighted by Crippen LogP contribution is -2.24. The van der Waals surface area contributed by atoms with Crippen LogP contribution >= 0.6 is 11.8 Å². The fraction of sp³-hybridized carbons (Fsp3) is 0.667. The van der Waals surface area contributed by atoms with E-state index in [1.807, 2.05) is 6.92 Å². The standard InChI is InChI=1S/C12H20N2O2S/c1-9(2)6-14-5-4-13-11(12(14)16)17-8-10(3)7-15/h4-5,9-10,15H,6-8H2,1-3H3. The molecule has 0 aliphatic carbocycles. The highest BCUT2D eigenvalue weighted by atomic mass is 32.2. The van der Waals surface area contributed by atoms with E-state index in [9.17, 15) is 4.79 Å². The lowest BCUT2D eigenvalue weighted by molar-refractivity contribution is 0.250. The van der Waals surface area contributed by atoms with Crippen LogP contribution in [0.15, 0.2) is 22.2 Å². The molecule has 96 valence electrons. The van der Waals surface area contributed by atoms with Crippen LogP contribution in [0.4, 0.5) is 0 Å². The number of nitrogens with zero attached hydrogens (tertiary/aromatic N) is 2. The van der Waals surface area contributed by atoms with Gasteiger partial charge in [-0.3, -0.25) is 4.79 Å². The summed E-state index contributed by atoms with van der Waals surface area (Å²) >= 11 is 1.42. The molecule has 1 aromatic rings. The molecule has 1 unspecified atom stereocenters. The molecule has 0 aliphatic heterocycles. The summed E-state index contributed by atoms with van der Waals surface area (Å²) in [5, 5.41) is 9.46. The normalized spacial score (nSPS) is 13.0. The molecular weight excluding hydrogens is 236 g/mol. The van der Waals surface area contributed by atoms with Gasteiger partial charge >= 0.3 is 0 Å². The van der Waals surface area contributed by atoms with Crippen molar-refractivity contribution in [3.05, 3.63) is 22.7 Å². The Morgan fingerprint density at radius 1 is 1.47 bits per heavy atom. The Balaban J connectivity index is 2.76. The van der Waals surface area contributed by atoms with Crippen LogP contribution in [0.5, 0.6) is 0 Å². The maximum absolute atomic E-state index is 12.0. The first-order chi connectivity index (χ1) is 8.04. The molecule has 0 saturated carbocycles. The maximum atomic E-state index is 12.0. The number of aromatic nitrogens is 2. The van der Waals surface area contributed by atoms with E-state index in [0.717, 1.165) is 0 Å². The third kappa shape index (κ3) is 4.52. The number of aliphatic hydroxyl groups is 1. The van der Waals surface area contributed by atoms with E-state index < -0.39 is 0 Å². The number of aliphatic hydroxyl groups excluding tert-OH is 1. The highest BCUT2D eigenvalue weighted by Crippen LogP contribution is 2.14. The van der Waals surface area contributed by atoms with Crippen molar-refractivity contribution < 1.29 is 5.11 Å². The number of rotatable bonds is 6. The molecule has 0 fully saturated rings. The zero-order valence-corrected chi connectivity index (χ0v) is 11.4. The van der Waals surface area contributed by atoms with Gasteiger partial charge in [0.15, 0.2) is 5.03 Å². The number of hydrogen-bond acceptors (Lipinski definition) is 4. The minimum Gasteiger partial charge on any atom is -0.396 e.